The van der Waals surface area contributed by atoms with Crippen LogP contribution in [0, 0.1) is 45.3 Å². The first-order chi connectivity index (χ1) is 33.9. The van der Waals surface area contributed by atoms with Crippen molar-refractivity contribution < 1.29 is 89.0 Å². The highest BCUT2D eigenvalue weighted by Crippen LogP contribution is 2.75. The Kier molecular flexibility index (Phi) is 17.8. The molecule has 0 amide bonds. The number of aliphatic hydroxyl groups excluding tert-OH is 9. The Labute approximate surface area is 426 Å². The maximum absolute atomic E-state index is 11.5. The van der Waals surface area contributed by atoms with Crippen molar-refractivity contribution in [1.82, 2.24) is 0 Å². The van der Waals surface area contributed by atoms with Gasteiger partial charge in [-0.05, 0) is 112 Å². The van der Waals surface area contributed by atoms with Crippen LogP contribution in [0.3, 0.4) is 0 Å². The predicted molar refractivity (Wildman–Crippen MR) is 259 cm³/mol. The molecule has 4 aliphatic heterocycles. The Morgan fingerprint density at radius 2 is 1.39 bits per heavy atom. The van der Waals surface area contributed by atoms with Crippen LogP contribution < -0.4 is 0 Å². The molecule has 7 fully saturated rings. The molecule has 4 heterocycles. The van der Waals surface area contributed by atoms with Crippen molar-refractivity contribution in [2.75, 3.05) is 26.4 Å². The standard InChI is InChI=1S/C54H92O18/c1-28(9-13-43(51(4,5)64)71-45-22-35(60)47(63)40(68-45)27-65-44-20-29(58)19-30(24-55)66-44)31-15-16-54(8)41-12-10-32-33(52(41,6)17-18-53(31,54)7)11-14-42(50(32,2)3)70-46-23-36(61)48(39(26-57)67-46)72-49-37(62)21-34(59)38(25-56)69-49/h10,28-31,33-49,55-64H,9,11-27H2,1-8H3/t28?,29-,30-,31?,33?,34-,35+,36+,37+,38+,39+,40+,41?,42-,43?,44+,45-,46-,47-,48-,49-,52?,53?,54?/m0/s1. The lowest BCUT2D eigenvalue weighted by molar-refractivity contribution is -0.336. The lowest BCUT2D eigenvalue weighted by atomic mass is 9.39. The zero-order valence-corrected chi connectivity index (χ0v) is 44.2. The fourth-order valence-corrected chi connectivity index (χ4v) is 15.6. The zero-order chi connectivity index (χ0) is 52.3. The third kappa shape index (κ3) is 11.2. The molecule has 4 saturated heterocycles. The van der Waals surface area contributed by atoms with Crippen molar-refractivity contribution in [3.63, 3.8) is 0 Å². The van der Waals surface area contributed by atoms with Crippen molar-refractivity contribution in [3.8, 4) is 0 Å². The minimum atomic E-state index is -1.24. The van der Waals surface area contributed by atoms with E-state index < -0.39 is 117 Å². The highest BCUT2D eigenvalue weighted by atomic mass is 16.7. The van der Waals surface area contributed by atoms with E-state index in [2.05, 4.69) is 47.6 Å². The number of aliphatic hydroxyl groups is 10. The van der Waals surface area contributed by atoms with Crippen molar-refractivity contribution in [1.29, 1.82) is 0 Å². The van der Waals surface area contributed by atoms with Crippen LogP contribution in [-0.2, 0) is 37.9 Å². The van der Waals surface area contributed by atoms with Crippen LogP contribution in [0.2, 0.25) is 0 Å². The van der Waals surface area contributed by atoms with Gasteiger partial charge in [-0.15, -0.1) is 0 Å². The third-order valence-electron chi connectivity index (χ3n) is 20.1. The molecular weight excluding hydrogens is 937 g/mol. The Morgan fingerprint density at radius 3 is 2.08 bits per heavy atom. The lowest BCUT2D eigenvalue weighted by Crippen LogP contribution is -2.60. The molecule has 0 aromatic heterocycles. The quantitative estimate of drug-likeness (QED) is 0.0938. The highest BCUT2D eigenvalue weighted by molar-refractivity contribution is 5.30. The van der Waals surface area contributed by atoms with Gasteiger partial charge in [-0.3, -0.25) is 0 Å². The van der Waals surface area contributed by atoms with Gasteiger partial charge in [0, 0.05) is 37.5 Å². The monoisotopic (exact) mass is 1030 g/mol. The molecule has 416 valence electrons. The minimum absolute atomic E-state index is 0.0263. The zero-order valence-electron chi connectivity index (χ0n) is 44.2. The van der Waals surface area contributed by atoms with Gasteiger partial charge in [0.1, 0.15) is 36.6 Å². The molecule has 3 saturated carbocycles. The molecule has 0 radical (unpaired) electrons. The van der Waals surface area contributed by atoms with Crippen molar-refractivity contribution >= 4 is 0 Å². The van der Waals surface area contributed by atoms with Gasteiger partial charge in [0.15, 0.2) is 25.2 Å². The molecule has 8 unspecified atom stereocenters. The van der Waals surface area contributed by atoms with Gasteiger partial charge >= 0.3 is 0 Å². The number of allylic oxidation sites excluding steroid dienone is 1. The van der Waals surface area contributed by atoms with Crippen LogP contribution in [-0.4, -0.2) is 188 Å². The molecule has 8 rings (SSSR count). The molecule has 0 spiro atoms. The first-order valence-corrected chi connectivity index (χ1v) is 27.4. The molecule has 72 heavy (non-hydrogen) atoms. The van der Waals surface area contributed by atoms with E-state index in [0.717, 1.165) is 51.4 Å². The first kappa shape index (κ1) is 57.2. The second-order valence-electron chi connectivity index (χ2n) is 25.3. The van der Waals surface area contributed by atoms with Gasteiger partial charge in [-0.1, -0.05) is 53.2 Å². The summed E-state index contributed by atoms with van der Waals surface area (Å²) in [4.78, 5) is 0. The summed E-state index contributed by atoms with van der Waals surface area (Å²) in [5, 5.41) is 105. The topological polar surface area (TPSA) is 276 Å². The molecule has 4 aliphatic carbocycles. The van der Waals surface area contributed by atoms with Gasteiger partial charge in [-0.25, -0.2) is 0 Å². The summed E-state index contributed by atoms with van der Waals surface area (Å²) in [5.41, 5.74) is 0.191. The van der Waals surface area contributed by atoms with E-state index in [4.69, 9.17) is 37.9 Å². The normalized spacial score (nSPS) is 48.5. The van der Waals surface area contributed by atoms with Gasteiger partial charge in [0.2, 0.25) is 0 Å². The average Bonchev–Trinajstić information content (AvgIpc) is 3.60. The summed E-state index contributed by atoms with van der Waals surface area (Å²) in [7, 11) is 0. The SMILES string of the molecule is CC(CCC(O[C@H]1C[C@@H](O)[C@H](O)[C@@H](CO[C@H]2C[C@@H](O)C[C@@H](CO)O2)O1)C(C)(C)O)C1CCC2(C)C3CC=C4C(CC[C@H](O[C@H]5C[C@@H](O)[C@H](O[C@@H]6O[C@H](CO)[C@@H](O)C[C@H]6O)[C@@H](CO)O5)C4(C)C)C3(C)CCC12C. The molecule has 8 aliphatic rings. The van der Waals surface area contributed by atoms with Crippen LogP contribution in [0.25, 0.3) is 0 Å². The van der Waals surface area contributed by atoms with Gasteiger partial charge in [0.25, 0.3) is 0 Å². The minimum Gasteiger partial charge on any atom is -0.394 e. The fraction of sp³-hybridized carbons (Fsp3) is 0.963. The van der Waals surface area contributed by atoms with Crippen LogP contribution in [0.15, 0.2) is 11.6 Å². The van der Waals surface area contributed by atoms with Crippen molar-refractivity contribution in [2.24, 2.45) is 45.3 Å². The second-order valence-corrected chi connectivity index (χ2v) is 25.3. The summed E-state index contributed by atoms with van der Waals surface area (Å²) >= 11 is 0. The summed E-state index contributed by atoms with van der Waals surface area (Å²) < 4.78 is 48.9. The van der Waals surface area contributed by atoms with E-state index >= 15 is 0 Å². The van der Waals surface area contributed by atoms with Gasteiger partial charge in [-0.2, -0.15) is 0 Å². The Balaban J connectivity index is 0.876. The second kappa shape index (κ2) is 22.4. The number of fused-ring (bicyclic) bond motifs is 5. The lowest BCUT2D eigenvalue weighted by Gasteiger charge is -2.66. The smallest absolute Gasteiger partial charge is 0.184 e. The van der Waals surface area contributed by atoms with E-state index in [9.17, 15) is 51.1 Å². The molecule has 10 N–H and O–H groups in total. The van der Waals surface area contributed by atoms with E-state index in [1.807, 2.05) is 0 Å². The third-order valence-corrected chi connectivity index (χ3v) is 20.1. The van der Waals surface area contributed by atoms with Gasteiger partial charge < -0.3 is 89.0 Å². The van der Waals surface area contributed by atoms with Gasteiger partial charge in [0.05, 0.1) is 74.8 Å². The van der Waals surface area contributed by atoms with E-state index in [1.54, 1.807) is 13.8 Å². The fourth-order valence-electron chi connectivity index (χ4n) is 15.6. The molecule has 18 heteroatoms. The number of hydrogen-bond acceptors (Lipinski definition) is 18. The van der Waals surface area contributed by atoms with Crippen LogP contribution in [0.1, 0.15) is 145 Å². The largest absolute Gasteiger partial charge is 0.394 e. The van der Waals surface area contributed by atoms with E-state index in [1.165, 1.54) is 5.57 Å². The number of rotatable bonds is 17. The molecule has 0 bridgehead atoms. The summed E-state index contributed by atoms with van der Waals surface area (Å²) in [5.74, 6) is 1.69. The Bertz CT molecular complexity index is 1810. The average molecular weight is 1030 g/mol. The number of ether oxygens (including phenoxy) is 8. The number of hydrogen-bond donors (Lipinski definition) is 10. The summed E-state index contributed by atoms with van der Waals surface area (Å²) in [6.45, 7) is 16.7. The van der Waals surface area contributed by atoms with Crippen LogP contribution in [0.5, 0.6) is 0 Å². The molecule has 0 aromatic rings. The molecule has 24 atom stereocenters. The van der Waals surface area contributed by atoms with Crippen molar-refractivity contribution in [2.45, 2.75) is 255 Å². The predicted octanol–water partition coefficient (Wildman–Crippen LogP) is 2.94. The maximum Gasteiger partial charge on any atom is 0.184 e. The van der Waals surface area contributed by atoms with Crippen LogP contribution in [0.4, 0.5) is 0 Å². The molecule has 18 nitrogen and oxygen atoms in total. The first-order valence-electron chi connectivity index (χ1n) is 27.4. The van der Waals surface area contributed by atoms with E-state index in [0.29, 0.717) is 36.5 Å². The Morgan fingerprint density at radius 1 is 0.681 bits per heavy atom. The maximum atomic E-state index is 11.5. The summed E-state index contributed by atoms with van der Waals surface area (Å²) in [6.07, 6.45) is -3.61. The van der Waals surface area contributed by atoms with Crippen LogP contribution >= 0.6 is 0 Å². The molecule has 0 aromatic carbocycles. The van der Waals surface area contributed by atoms with Crippen molar-refractivity contribution in [3.05, 3.63) is 11.6 Å². The summed E-state index contributed by atoms with van der Waals surface area (Å²) in [6, 6.07) is 0. The molecular formula is C54H92O18. The Hall–Kier alpha value is -0.980. The highest BCUT2D eigenvalue weighted by Gasteiger charge is 2.67. The van der Waals surface area contributed by atoms with E-state index in [-0.39, 0.29) is 66.7 Å².